The van der Waals surface area contributed by atoms with Crippen LogP contribution in [0, 0.1) is 6.92 Å². The van der Waals surface area contributed by atoms with Crippen LogP contribution in [0.25, 0.3) is 0 Å². The number of aromatic nitrogens is 1. The molecule has 0 radical (unpaired) electrons. The lowest BCUT2D eigenvalue weighted by Gasteiger charge is -2.07. The highest BCUT2D eigenvalue weighted by molar-refractivity contribution is 5.81. The Labute approximate surface area is 84.3 Å². The summed E-state index contributed by atoms with van der Waals surface area (Å²) in [5.74, 6) is -1.95. The minimum absolute atomic E-state index is 0.222. The van der Waals surface area contributed by atoms with Gasteiger partial charge in [0, 0.05) is 6.20 Å². The number of pyridine rings is 1. The number of amides is 1. The molecular weight excluding hydrogens is 209 g/mol. The Morgan fingerprint density at radius 3 is 2.73 bits per heavy atom. The van der Waals surface area contributed by atoms with E-state index in [1.807, 2.05) is 0 Å². The normalized spacial score (nSPS) is 11.2. The van der Waals surface area contributed by atoms with Crippen molar-refractivity contribution in [2.75, 3.05) is 0 Å². The minimum atomic E-state index is -4.84. The molecule has 0 aliphatic carbocycles. The monoisotopic (exact) mass is 218 g/mol. The molecular formula is C9H9F3N2O. The summed E-state index contributed by atoms with van der Waals surface area (Å²) >= 11 is 0. The molecule has 0 saturated heterocycles. The number of alkyl halides is 3. The Hall–Kier alpha value is -1.59. The summed E-state index contributed by atoms with van der Waals surface area (Å²) in [6, 6.07) is 3.33. The molecule has 1 N–H and O–H groups in total. The molecule has 15 heavy (non-hydrogen) atoms. The van der Waals surface area contributed by atoms with E-state index in [9.17, 15) is 18.0 Å². The molecule has 0 bridgehead atoms. The van der Waals surface area contributed by atoms with E-state index in [4.69, 9.17) is 0 Å². The molecule has 1 heterocycles. The van der Waals surface area contributed by atoms with Crippen molar-refractivity contribution in [2.24, 2.45) is 0 Å². The number of rotatable bonds is 2. The van der Waals surface area contributed by atoms with Gasteiger partial charge < -0.3 is 5.32 Å². The average Bonchev–Trinajstić information content (AvgIpc) is 2.12. The van der Waals surface area contributed by atoms with Crippen LogP contribution in [0.3, 0.4) is 0 Å². The van der Waals surface area contributed by atoms with Gasteiger partial charge in [-0.25, -0.2) is 0 Å². The molecule has 0 unspecified atom stereocenters. The molecule has 1 rings (SSSR count). The highest BCUT2D eigenvalue weighted by atomic mass is 19.4. The second-order valence-corrected chi connectivity index (χ2v) is 3.00. The quantitative estimate of drug-likeness (QED) is 0.818. The van der Waals surface area contributed by atoms with E-state index in [-0.39, 0.29) is 6.54 Å². The molecule has 0 fully saturated rings. The van der Waals surface area contributed by atoms with Gasteiger partial charge in [-0.1, -0.05) is 0 Å². The summed E-state index contributed by atoms with van der Waals surface area (Å²) in [5, 5.41) is 1.74. The first kappa shape index (κ1) is 11.5. The van der Waals surface area contributed by atoms with Gasteiger partial charge in [0.15, 0.2) is 0 Å². The SMILES string of the molecule is Cc1ccnc(CNC(=O)C(F)(F)F)c1. The number of carbonyl (C=O) groups excluding carboxylic acids is 1. The largest absolute Gasteiger partial charge is 0.471 e. The lowest BCUT2D eigenvalue weighted by atomic mass is 10.2. The first-order valence-electron chi connectivity index (χ1n) is 4.16. The fourth-order valence-corrected chi connectivity index (χ4v) is 0.966. The maximum Gasteiger partial charge on any atom is 0.471 e. The summed E-state index contributed by atoms with van der Waals surface area (Å²) in [6.07, 6.45) is -3.37. The van der Waals surface area contributed by atoms with E-state index >= 15 is 0 Å². The Morgan fingerprint density at radius 1 is 1.53 bits per heavy atom. The van der Waals surface area contributed by atoms with E-state index in [0.717, 1.165) is 5.56 Å². The number of hydrogen-bond acceptors (Lipinski definition) is 2. The van der Waals surface area contributed by atoms with Crippen LogP contribution < -0.4 is 5.32 Å². The van der Waals surface area contributed by atoms with Crippen LogP contribution >= 0.6 is 0 Å². The first-order valence-corrected chi connectivity index (χ1v) is 4.16. The molecule has 0 aliphatic rings. The van der Waals surface area contributed by atoms with Gasteiger partial charge in [-0.3, -0.25) is 9.78 Å². The van der Waals surface area contributed by atoms with Gasteiger partial charge in [0.2, 0.25) is 0 Å². The fourth-order valence-electron chi connectivity index (χ4n) is 0.966. The first-order chi connectivity index (χ1) is 6.89. The predicted octanol–water partition coefficient (Wildman–Crippen LogP) is 1.57. The van der Waals surface area contributed by atoms with Crippen molar-refractivity contribution in [2.45, 2.75) is 19.6 Å². The van der Waals surface area contributed by atoms with Crippen LogP contribution in [-0.2, 0) is 11.3 Å². The summed E-state index contributed by atoms with van der Waals surface area (Å²) in [5.41, 5.74) is 1.27. The van der Waals surface area contributed by atoms with E-state index in [1.165, 1.54) is 6.20 Å². The third-order valence-electron chi connectivity index (χ3n) is 1.66. The lowest BCUT2D eigenvalue weighted by molar-refractivity contribution is -0.173. The van der Waals surface area contributed by atoms with E-state index < -0.39 is 12.1 Å². The van der Waals surface area contributed by atoms with Gasteiger partial charge in [0.25, 0.3) is 0 Å². The fraction of sp³-hybridized carbons (Fsp3) is 0.333. The number of hydrogen-bond donors (Lipinski definition) is 1. The Bertz CT molecular complexity index is 363. The molecule has 1 amide bonds. The van der Waals surface area contributed by atoms with Gasteiger partial charge in [-0.2, -0.15) is 13.2 Å². The van der Waals surface area contributed by atoms with Crippen LogP contribution in [0.5, 0.6) is 0 Å². The molecule has 1 aromatic heterocycles. The summed E-state index contributed by atoms with van der Waals surface area (Å²) < 4.78 is 35.4. The van der Waals surface area contributed by atoms with Crippen molar-refractivity contribution in [3.05, 3.63) is 29.6 Å². The Morgan fingerprint density at radius 2 is 2.20 bits per heavy atom. The number of aryl methyl sites for hydroxylation is 1. The van der Waals surface area contributed by atoms with Gasteiger partial charge in [-0.05, 0) is 24.6 Å². The van der Waals surface area contributed by atoms with Crippen molar-refractivity contribution in [1.82, 2.24) is 10.3 Å². The second-order valence-electron chi connectivity index (χ2n) is 3.00. The third-order valence-corrected chi connectivity index (χ3v) is 1.66. The van der Waals surface area contributed by atoms with E-state index in [1.54, 1.807) is 24.4 Å². The third kappa shape index (κ3) is 3.57. The topological polar surface area (TPSA) is 42.0 Å². The summed E-state index contributed by atoms with van der Waals surface area (Å²) in [6.45, 7) is 1.57. The second kappa shape index (κ2) is 4.29. The Kier molecular flexibility index (Phi) is 3.28. The van der Waals surface area contributed by atoms with Gasteiger partial charge in [-0.15, -0.1) is 0 Å². The van der Waals surface area contributed by atoms with Crippen molar-refractivity contribution in [1.29, 1.82) is 0 Å². The smallest absolute Gasteiger partial charge is 0.343 e. The molecule has 0 aromatic carbocycles. The zero-order valence-electron chi connectivity index (χ0n) is 7.93. The highest BCUT2D eigenvalue weighted by Gasteiger charge is 2.38. The molecule has 0 atom stereocenters. The van der Waals surface area contributed by atoms with E-state index in [2.05, 4.69) is 4.98 Å². The number of carbonyl (C=O) groups is 1. The summed E-state index contributed by atoms with van der Waals surface area (Å²) in [4.78, 5) is 14.3. The molecule has 1 aromatic rings. The standard InChI is InChI=1S/C9H9F3N2O/c1-6-2-3-13-7(4-6)5-14-8(15)9(10,11)12/h2-4H,5H2,1H3,(H,14,15). The summed E-state index contributed by atoms with van der Waals surface area (Å²) in [7, 11) is 0. The average molecular weight is 218 g/mol. The van der Waals surface area contributed by atoms with Crippen LogP contribution in [0.4, 0.5) is 13.2 Å². The van der Waals surface area contributed by atoms with E-state index in [0.29, 0.717) is 5.69 Å². The van der Waals surface area contributed by atoms with Crippen LogP contribution in [-0.4, -0.2) is 17.1 Å². The zero-order chi connectivity index (χ0) is 11.5. The van der Waals surface area contributed by atoms with Crippen LogP contribution in [0.15, 0.2) is 18.3 Å². The number of nitrogens with one attached hydrogen (secondary N) is 1. The predicted molar refractivity (Wildman–Crippen MR) is 46.9 cm³/mol. The number of nitrogens with zero attached hydrogens (tertiary/aromatic N) is 1. The lowest BCUT2D eigenvalue weighted by Crippen LogP contribution is -2.36. The molecule has 6 heteroatoms. The molecule has 0 saturated carbocycles. The van der Waals surface area contributed by atoms with Crippen molar-refractivity contribution >= 4 is 5.91 Å². The highest BCUT2D eigenvalue weighted by Crippen LogP contribution is 2.14. The van der Waals surface area contributed by atoms with Crippen LogP contribution in [0.2, 0.25) is 0 Å². The number of halogens is 3. The van der Waals surface area contributed by atoms with Crippen molar-refractivity contribution in [3.8, 4) is 0 Å². The molecule has 0 aliphatic heterocycles. The van der Waals surface area contributed by atoms with Gasteiger partial charge >= 0.3 is 12.1 Å². The minimum Gasteiger partial charge on any atom is -0.343 e. The van der Waals surface area contributed by atoms with Crippen molar-refractivity contribution < 1.29 is 18.0 Å². The van der Waals surface area contributed by atoms with Gasteiger partial charge in [0.1, 0.15) is 0 Å². The maximum atomic E-state index is 11.8. The molecule has 82 valence electrons. The molecule has 3 nitrogen and oxygen atoms in total. The maximum absolute atomic E-state index is 11.8. The molecule has 0 spiro atoms. The van der Waals surface area contributed by atoms with Crippen LogP contribution in [0.1, 0.15) is 11.3 Å². The van der Waals surface area contributed by atoms with Gasteiger partial charge in [0.05, 0.1) is 12.2 Å². The zero-order valence-corrected chi connectivity index (χ0v) is 7.93. The Balaban J connectivity index is 2.55. The van der Waals surface area contributed by atoms with Crippen molar-refractivity contribution in [3.63, 3.8) is 0 Å².